The Bertz CT molecular complexity index is 1900. The maximum absolute atomic E-state index is 4.60. The van der Waals surface area contributed by atoms with Gasteiger partial charge < -0.3 is 0 Å². The van der Waals surface area contributed by atoms with Crippen molar-refractivity contribution in [2.45, 2.75) is 6.92 Å². The molecule has 0 saturated carbocycles. The second kappa shape index (κ2) is 7.78. The Balaban J connectivity index is 1.72. The second-order valence-corrected chi connectivity index (χ2v) is 9.27. The minimum absolute atomic E-state index is 1.18. The van der Waals surface area contributed by atoms with Crippen LogP contribution in [-0.2, 0) is 0 Å². The van der Waals surface area contributed by atoms with Crippen LogP contribution in [0.25, 0.3) is 65.3 Å². The summed E-state index contributed by atoms with van der Waals surface area (Å²) in [6.07, 6.45) is 3.96. The monoisotopic (exact) mass is 445 g/mol. The highest BCUT2D eigenvalue weighted by molar-refractivity contribution is 6.25. The first-order valence-electron chi connectivity index (χ1n) is 12.1. The van der Waals surface area contributed by atoms with Gasteiger partial charge in [-0.15, -0.1) is 0 Å². The number of hydrogen-bond acceptors (Lipinski definition) is 1. The molecule has 0 amide bonds. The number of aryl methyl sites for hydroxylation is 1. The standard InChI is InChI=1S/C34H23N/c1-22-16-17-29-31(20-22)33(27-14-6-10-23-8-2-4-12-25(23)27)30-18-19-35-21-32(30)34(29)28-15-7-11-24-9-3-5-13-26(24)28/h2-21H,1H3. The molecule has 7 aromatic rings. The largest absolute Gasteiger partial charge is 0.264 e. The Morgan fingerprint density at radius 2 is 1.03 bits per heavy atom. The van der Waals surface area contributed by atoms with E-state index in [0.717, 1.165) is 0 Å². The lowest BCUT2D eigenvalue weighted by atomic mass is 9.84. The molecule has 1 nitrogen and oxygen atoms in total. The number of rotatable bonds is 2. The van der Waals surface area contributed by atoms with Gasteiger partial charge in [0, 0.05) is 17.8 Å². The lowest BCUT2D eigenvalue weighted by molar-refractivity contribution is 1.37. The highest BCUT2D eigenvalue weighted by Crippen LogP contribution is 2.46. The van der Waals surface area contributed by atoms with Crippen molar-refractivity contribution >= 4 is 43.1 Å². The van der Waals surface area contributed by atoms with Gasteiger partial charge in [-0.25, -0.2) is 0 Å². The highest BCUT2D eigenvalue weighted by Gasteiger charge is 2.19. The van der Waals surface area contributed by atoms with Crippen LogP contribution in [0.15, 0.2) is 122 Å². The van der Waals surface area contributed by atoms with Gasteiger partial charge in [0.2, 0.25) is 0 Å². The number of nitrogens with zero attached hydrogens (tertiary/aromatic N) is 1. The Kier molecular flexibility index (Phi) is 4.43. The van der Waals surface area contributed by atoms with Crippen molar-refractivity contribution in [3.05, 3.63) is 127 Å². The highest BCUT2D eigenvalue weighted by atomic mass is 14.6. The van der Waals surface area contributed by atoms with E-state index in [1.807, 2.05) is 12.4 Å². The van der Waals surface area contributed by atoms with E-state index in [9.17, 15) is 0 Å². The van der Waals surface area contributed by atoms with E-state index in [2.05, 4.69) is 121 Å². The number of pyridine rings is 1. The van der Waals surface area contributed by atoms with Crippen molar-refractivity contribution < 1.29 is 0 Å². The maximum Gasteiger partial charge on any atom is 0.0353 e. The topological polar surface area (TPSA) is 12.9 Å². The molecule has 0 aliphatic carbocycles. The molecule has 0 fully saturated rings. The van der Waals surface area contributed by atoms with E-state index < -0.39 is 0 Å². The molecule has 0 spiro atoms. The Hall–Kier alpha value is -4.49. The van der Waals surface area contributed by atoms with Gasteiger partial charge in [-0.05, 0) is 72.9 Å². The Morgan fingerprint density at radius 3 is 1.71 bits per heavy atom. The predicted molar refractivity (Wildman–Crippen MR) is 150 cm³/mol. The first-order chi connectivity index (χ1) is 17.3. The summed E-state index contributed by atoms with van der Waals surface area (Å²) in [5.41, 5.74) is 6.31. The zero-order valence-corrected chi connectivity index (χ0v) is 19.5. The van der Waals surface area contributed by atoms with E-state index >= 15 is 0 Å². The van der Waals surface area contributed by atoms with Crippen LogP contribution < -0.4 is 0 Å². The molecule has 0 unspecified atom stereocenters. The molecule has 1 heteroatoms. The lowest BCUT2D eigenvalue weighted by Crippen LogP contribution is -1.93. The smallest absolute Gasteiger partial charge is 0.0353 e. The van der Waals surface area contributed by atoms with Crippen LogP contribution in [0.3, 0.4) is 0 Å². The number of benzene rings is 6. The van der Waals surface area contributed by atoms with Gasteiger partial charge >= 0.3 is 0 Å². The zero-order chi connectivity index (χ0) is 23.4. The minimum atomic E-state index is 1.18. The molecule has 0 radical (unpaired) electrons. The van der Waals surface area contributed by atoms with E-state index in [4.69, 9.17) is 0 Å². The average molecular weight is 446 g/mol. The summed E-state index contributed by atoms with van der Waals surface area (Å²) in [4.78, 5) is 4.60. The van der Waals surface area contributed by atoms with Crippen molar-refractivity contribution in [1.82, 2.24) is 4.98 Å². The predicted octanol–water partition coefficient (Wildman–Crippen LogP) is 9.34. The van der Waals surface area contributed by atoms with Crippen LogP contribution in [0.2, 0.25) is 0 Å². The van der Waals surface area contributed by atoms with Gasteiger partial charge in [0.25, 0.3) is 0 Å². The third kappa shape index (κ3) is 3.05. The van der Waals surface area contributed by atoms with E-state index in [1.165, 1.54) is 70.9 Å². The molecular weight excluding hydrogens is 422 g/mol. The molecule has 0 saturated heterocycles. The molecule has 0 N–H and O–H groups in total. The van der Waals surface area contributed by atoms with Crippen molar-refractivity contribution in [2.75, 3.05) is 0 Å². The molecule has 164 valence electrons. The summed E-state index contributed by atoms with van der Waals surface area (Å²) in [5, 5.41) is 10.00. The fourth-order valence-corrected chi connectivity index (χ4v) is 5.65. The SMILES string of the molecule is Cc1ccc2c(-c3cccc4ccccc34)c3cnccc3c(-c3cccc4ccccc34)c2c1. The molecule has 0 aliphatic heterocycles. The number of fused-ring (bicyclic) bond motifs is 4. The van der Waals surface area contributed by atoms with Crippen LogP contribution >= 0.6 is 0 Å². The summed E-state index contributed by atoms with van der Waals surface area (Å²) in [5.74, 6) is 0. The van der Waals surface area contributed by atoms with Crippen LogP contribution in [0, 0.1) is 6.92 Å². The zero-order valence-electron chi connectivity index (χ0n) is 19.5. The molecule has 0 bridgehead atoms. The fraction of sp³-hybridized carbons (Fsp3) is 0.0294. The normalized spacial score (nSPS) is 11.6. The third-order valence-electron chi connectivity index (χ3n) is 7.19. The van der Waals surface area contributed by atoms with E-state index in [-0.39, 0.29) is 0 Å². The van der Waals surface area contributed by atoms with Gasteiger partial charge in [-0.1, -0.05) is 109 Å². The third-order valence-corrected chi connectivity index (χ3v) is 7.19. The Labute approximate surface area is 204 Å². The van der Waals surface area contributed by atoms with Gasteiger partial charge in [0.1, 0.15) is 0 Å². The first-order valence-corrected chi connectivity index (χ1v) is 12.1. The van der Waals surface area contributed by atoms with Crippen molar-refractivity contribution in [3.63, 3.8) is 0 Å². The summed E-state index contributed by atoms with van der Waals surface area (Å²) >= 11 is 0. The van der Waals surface area contributed by atoms with Crippen molar-refractivity contribution in [1.29, 1.82) is 0 Å². The van der Waals surface area contributed by atoms with Crippen molar-refractivity contribution in [2.24, 2.45) is 0 Å². The molecule has 0 aliphatic rings. The van der Waals surface area contributed by atoms with Crippen LogP contribution in [0.1, 0.15) is 5.56 Å². The van der Waals surface area contributed by atoms with Gasteiger partial charge in [-0.2, -0.15) is 0 Å². The second-order valence-electron chi connectivity index (χ2n) is 9.27. The average Bonchev–Trinajstić information content (AvgIpc) is 2.91. The first kappa shape index (κ1) is 19.9. The molecule has 35 heavy (non-hydrogen) atoms. The van der Waals surface area contributed by atoms with Gasteiger partial charge in [0.15, 0.2) is 0 Å². The summed E-state index contributed by atoms with van der Waals surface area (Å²) in [6.45, 7) is 2.18. The Morgan fingerprint density at radius 1 is 0.457 bits per heavy atom. The lowest BCUT2D eigenvalue weighted by Gasteiger charge is -2.19. The molecule has 6 aromatic carbocycles. The van der Waals surface area contributed by atoms with E-state index in [1.54, 1.807) is 0 Å². The van der Waals surface area contributed by atoms with Crippen LogP contribution in [0.5, 0.6) is 0 Å². The quantitative estimate of drug-likeness (QED) is 0.242. The maximum atomic E-state index is 4.60. The summed E-state index contributed by atoms with van der Waals surface area (Å²) in [6, 6.07) is 39.6. The van der Waals surface area contributed by atoms with Gasteiger partial charge in [0.05, 0.1) is 0 Å². The molecule has 1 heterocycles. The minimum Gasteiger partial charge on any atom is -0.264 e. The number of aromatic nitrogens is 1. The van der Waals surface area contributed by atoms with Crippen LogP contribution in [-0.4, -0.2) is 4.98 Å². The number of hydrogen-bond donors (Lipinski definition) is 0. The van der Waals surface area contributed by atoms with Gasteiger partial charge in [-0.3, -0.25) is 4.98 Å². The van der Waals surface area contributed by atoms with Crippen molar-refractivity contribution in [3.8, 4) is 22.3 Å². The summed E-state index contributed by atoms with van der Waals surface area (Å²) in [7, 11) is 0. The molecule has 1 aromatic heterocycles. The fourth-order valence-electron chi connectivity index (χ4n) is 5.65. The van der Waals surface area contributed by atoms with E-state index in [0.29, 0.717) is 0 Å². The summed E-state index contributed by atoms with van der Waals surface area (Å²) < 4.78 is 0. The van der Waals surface area contributed by atoms with Crippen LogP contribution in [0.4, 0.5) is 0 Å². The molecule has 7 rings (SSSR count). The molecule has 0 atom stereocenters. The molecular formula is C34H23N.